The summed E-state index contributed by atoms with van der Waals surface area (Å²) in [5, 5.41) is 3.67. The fraction of sp³-hybridized carbons (Fsp3) is 0.304. The summed E-state index contributed by atoms with van der Waals surface area (Å²) in [5.74, 6) is 0. The van der Waals surface area contributed by atoms with E-state index in [1.165, 1.54) is 12.3 Å². The Morgan fingerprint density at radius 2 is 1.36 bits per heavy atom. The molecule has 0 N–H and O–H groups in total. The zero-order chi connectivity index (χ0) is 41.3. The van der Waals surface area contributed by atoms with Crippen molar-refractivity contribution >= 4 is 43.9 Å². The normalized spacial score (nSPS) is 14.2. The molecule has 1 radical (unpaired) electrons. The van der Waals surface area contributed by atoms with Crippen LogP contribution in [-0.4, -0.2) is 19.9 Å². The van der Waals surface area contributed by atoms with Crippen molar-refractivity contribution in [3.63, 3.8) is 0 Å². The quantitative estimate of drug-likeness (QED) is 0.165. The molecule has 0 aliphatic rings. The number of furan rings is 2. The Labute approximate surface area is 332 Å². The summed E-state index contributed by atoms with van der Waals surface area (Å²) in [5.41, 5.74) is 6.30. The molecule has 53 heavy (non-hydrogen) atoms. The van der Waals surface area contributed by atoms with E-state index in [1.807, 2.05) is 60.7 Å². The molecule has 0 amide bonds. The van der Waals surface area contributed by atoms with Crippen LogP contribution in [0.1, 0.15) is 91.7 Å². The summed E-state index contributed by atoms with van der Waals surface area (Å²) in [6.07, 6.45) is 0.930. The first-order valence-corrected chi connectivity index (χ1v) is 17.5. The van der Waals surface area contributed by atoms with Crippen LogP contribution in [0.4, 0.5) is 0 Å². The molecule has 273 valence electrons. The van der Waals surface area contributed by atoms with Gasteiger partial charge in [0.05, 0.1) is 5.58 Å². The van der Waals surface area contributed by atoms with Gasteiger partial charge in [-0.2, -0.15) is 12.1 Å². The first-order chi connectivity index (χ1) is 26.6. The van der Waals surface area contributed by atoms with Gasteiger partial charge in [0.15, 0.2) is 11.2 Å². The summed E-state index contributed by atoms with van der Waals surface area (Å²) >= 11 is 0. The predicted molar refractivity (Wildman–Crippen MR) is 212 cm³/mol. The van der Waals surface area contributed by atoms with Crippen LogP contribution in [0.5, 0.6) is 0 Å². The maximum atomic E-state index is 8.84. The van der Waals surface area contributed by atoms with Crippen molar-refractivity contribution in [2.24, 2.45) is 5.41 Å². The van der Waals surface area contributed by atoms with Gasteiger partial charge < -0.3 is 13.8 Å². The standard InChI is InChI=1S/C29H24NO2.C17H22N3.Ir/c1-17-16-30-24(14-18(17)15-29(2,3)4)23-10-7-9-20-22-13-12-21-19-8-5-6-11-25(19)31-27(21)28(22)32-26(20)23;1-16(2,3)14-9-7-8-12(20-14)13-10-15(17(4,5)6)19-11-18-13;/h5-9,11-14,16H,15H2,1-4H3;7,9-11H,1-6H3;/q2*-1;/i1D3,15D2;;. The SMILES string of the molecule is CC(C)(C)c1cc(-c2[c-]ccc(C(C)(C)C)n2)ncn1.[2H]C([2H])([2H])c1cnc(-c2[c-]ccc3c2oc2c3ccc3c4ccccc4oc32)cc1C([2H])([2H])C(C)(C)C.[Ir]. The largest absolute Gasteiger partial charge is 0.497 e. The fourth-order valence-corrected chi connectivity index (χ4v) is 6.11. The fourth-order valence-electron chi connectivity index (χ4n) is 6.11. The molecule has 0 saturated carbocycles. The van der Waals surface area contributed by atoms with Crippen molar-refractivity contribution in [2.75, 3.05) is 0 Å². The van der Waals surface area contributed by atoms with E-state index in [1.54, 1.807) is 33.2 Å². The van der Waals surface area contributed by atoms with Crippen LogP contribution in [0.3, 0.4) is 0 Å². The molecule has 3 aromatic carbocycles. The van der Waals surface area contributed by atoms with Gasteiger partial charge in [0.1, 0.15) is 11.9 Å². The molecule has 0 saturated heterocycles. The second kappa shape index (κ2) is 14.3. The molecule has 8 rings (SSSR count). The van der Waals surface area contributed by atoms with Crippen LogP contribution in [0, 0.1) is 24.4 Å². The van der Waals surface area contributed by atoms with Gasteiger partial charge in [-0.3, -0.25) is 9.97 Å². The monoisotopic (exact) mass is 884 g/mol. The maximum Gasteiger partial charge on any atom is 0.177 e. The van der Waals surface area contributed by atoms with Crippen molar-refractivity contribution in [1.82, 2.24) is 19.9 Å². The third-order valence-corrected chi connectivity index (χ3v) is 8.75. The van der Waals surface area contributed by atoms with E-state index < -0.39 is 18.6 Å². The zero-order valence-corrected chi connectivity index (χ0v) is 33.9. The Morgan fingerprint density at radius 3 is 2.08 bits per heavy atom. The predicted octanol–water partition coefficient (Wildman–Crippen LogP) is 12.2. The number of para-hydroxylation sites is 1. The van der Waals surface area contributed by atoms with Gasteiger partial charge in [0.25, 0.3) is 0 Å². The molecule has 0 bridgehead atoms. The van der Waals surface area contributed by atoms with Crippen LogP contribution in [0.25, 0.3) is 66.5 Å². The van der Waals surface area contributed by atoms with Gasteiger partial charge in [0.2, 0.25) is 0 Å². The van der Waals surface area contributed by atoms with Crippen molar-refractivity contribution in [2.45, 2.75) is 86.4 Å². The van der Waals surface area contributed by atoms with Gasteiger partial charge in [-0.25, -0.2) is 4.98 Å². The molecular formula is C46H46IrN4O2-2. The number of aromatic nitrogens is 4. The van der Waals surface area contributed by atoms with E-state index >= 15 is 0 Å². The second-order valence-corrected chi connectivity index (χ2v) is 16.2. The van der Waals surface area contributed by atoms with Crippen molar-refractivity contribution in [1.29, 1.82) is 0 Å². The van der Waals surface area contributed by atoms with Crippen LogP contribution in [0.15, 0.2) is 94.2 Å². The summed E-state index contributed by atoms with van der Waals surface area (Å²) in [6.45, 7) is 15.6. The average molecular weight is 884 g/mol. The van der Waals surface area contributed by atoms with E-state index in [2.05, 4.69) is 68.6 Å². The molecule has 0 atom stereocenters. The van der Waals surface area contributed by atoms with E-state index in [-0.39, 0.29) is 42.1 Å². The molecule has 0 aliphatic carbocycles. The van der Waals surface area contributed by atoms with Gasteiger partial charge in [0, 0.05) is 60.4 Å². The number of pyridine rings is 2. The topological polar surface area (TPSA) is 77.8 Å². The minimum atomic E-state index is -2.51. The molecular weight excluding hydrogens is 833 g/mol. The molecule has 0 aliphatic heterocycles. The number of hydrogen-bond acceptors (Lipinski definition) is 6. The van der Waals surface area contributed by atoms with E-state index in [0.717, 1.165) is 49.9 Å². The molecule has 5 aromatic heterocycles. The number of hydrogen-bond donors (Lipinski definition) is 0. The smallest absolute Gasteiger partial charge is 0.177 e. The van der Waals surface area contributed by atoms with E-state index in [9.17, 15) is 0 Å². The molecule has 7 heteroatoms. The molecule has 0 fully saturated rings. The number of fused-ring (bicyclic) bond motifs is 7. The minimum absolute atomic E-state index is 0. The average Bonchev–Trinajstić information content (AvgIpc) is 3.72. The molecule has 8 aromatic rings. The Hall–Kier alpha value is -4.71. The summed E-state index contributed by atoms with van der Waals surface area (Å²) in [7, 11) is 0. The number of nitrogens with zero attached hydrogens (tertiary/aromatic N) is 4. The molecule has 0 unspecified atom stereocenters. The van der Waals surface area contributed by atoms with Crippen molar-refractivity contribution < 1.29 is 35.8 Å². The first-order valence-electron chi connectivity index (χ1n) is 20.0. The van der Waals surface area contributed by atoms with Crippen LogP contribution in [0.2, 0.25) is 0 Å². The Balaban J connectivity index is 0.000000230. The Bertz CT molecular complexity index is 2730. The Morgan fingerprint density at radius 1 is 0.679 bits per heavy atom. The van der Waals surface area contributed by atoms with E-state index in [4.69, 9.17) is 20.7 Å². The summed E-state index contributed by atoms with van der Waals surface area (Å²) in [4.78, 5) is 17.8. The van der Waals surface area contributed by atoms with Crippen molar-refractivity contribution in [3.8, 4) is 22.6 Å². The number of aryl methyl sites for hydroxylation is 1. The third kappa shape index (κ3) is 7.83. The third-order valence-electron chi connectivity index (χ3n) is 8.75. The molecule has 0 spiro atoms. The number of benzene rings is 3. The van der Waals surface area contributed by atoms with Gasteiger partial charge >= 0.3 is 0 Å². The first kappa shape index (κ1) is 31.8. The number of rotatable bonds is 3. The van der Waals surface area contributed by atoms with Gasteiger partial charge in [-0.15, -0.1) is 24.3 Å². The van der Waals surface area contributed by atoms with E-state index in [0.29, 0.717) is 28.0 Å². The second-order valence-electron chi connectivity index (χ2n) is 16.2. The summed E-state index contributed by atoms with van der Waals surface area (Å²) in [6, 6.07) is 29.4. The summed E-state index contributed by atoms with van der Waals surface area (Å²) < 4.78 is 54.2. The Kier molecular flexibility index (Phi) is 8.55. The minimum Gasteiger partial charge on any atom is -0.497 e. The van der Waals surface area contributed by atoms with Crippen LogP contribution in [-0.2, 0) is 37.3 Å². The van der Waals surface area contributed by atoms with Crippen molar-refractivity contribution in [3.05, 3.63) is 120 Å². The van der Waals surface area contributed by atoms with Gasteiger partial charge in [-0.05, 0) is 64.5 Å². The van der Waals surface area contributed by atoms with Crippen LogP contribution >= 0.6 is 0 Å². The maximum absolute atomic E-state index is 8.84. The molecule has 5 heterocycles. The van der Waals surface area contributed by atoms with Crippen LogP contribution < -0.4 is 0 Å². The molecule has 6 nitrogen and oxygen atoms in total. The zero-order valence-electron chi connectivity index (χ0n) is 36.5. The van der Waals surface area contributed by atoms with Gasteiger partial charge in [-0.1, -0.05) is 115 Å².